The molecule has 1 aromatic carbocycles. The number of rotatable bonds is 4. The second-order valence-corrected chi connectivity index (χ2v) is 6.59. The summed E-state index contributed by atoms with van der Waals surface area (Å²) in [6.45, 7) is 2.73. The van der Waals surface area contributed by atoms with E-state index < -0.39 is 11.9 Å². The molecule has 2 unspecified atom stereocenters. The van der Waals surface area contributed by atoms with Crippen molar-refractivity contribution in [2.24, 2.45) is 11.8 Å². The molecule has 25 heavy (non-hydrogen) atoms. The number of nitrogens with zero attached hydrogens (tertiary/aromatic N) is 1. The summed E-state index contributed by atoms with van der Waals surface area (Å²) < 4.78 is 0. The summed E-state index contributed by atoms with van der Waals surface area (Å²) in [6, 6.07) is 8.20. The second-order valence-electron chi connectivity index (χ2n) is 6.59. The Morgan fingerprint density at radius 1 is 1.04 bits per heavy atom. The van der Waals surface area contributed by atoms with E-state index >= 15 is 0 Å². The molecular weight excluding hydrogens is 320 g/mol. The SMILES string of the molecule is CC1CC(C(=O)O)CN(C(=O)c2ccc(C(=O)c3cc[nH]c3)cc2)C1. The Morgan fingerprint density at radius 3 is 2.32 bits per heavy atom. The van der Waals surface area contributed by atoms with Crippen LogP contribution in [-0.2, 0) is 4.79 Å². The van der Waals surface area contributed by atoms with Crippen LogP contribution >= 0.6 is 0 Å². The van der Waals surface area contributed by atoms with Crippen LogP contribution in [0.5, 0.6) is 0 Å². The van der Waals surface area contributed by atoms with Gasteiger partial charge in [0.2, 0.25) is 0 Å². The summed E-state index contributed by atoms with van der Waals surface area (Å²) in [5.74, 6) is -1.55. The average Bonchev–Trinajstić information content (AvgIpc) is 3.14. The minimum atomic E-state index is -0.864. The monoisotopic (exact) mass is 340 g/mol. The van der Waals surface area contributed by atoms with E-state index in [1.54, 1.807) is 47.6 Å². The van der Waals surface area contributed by atoms with Gasteiger partial charge in [-0.3, -0.25) is 14.4 Å². The van der Waals surface area contributed by atoms with Crippen LogP contribution < -0.4 is 0 Å². The molecule has 1 aliphatic heterocycles. The number of likely N-dealkylation sites (tertiary alicyclic amines) is 1. The summed E-state index contributed by atoms with van der Waals surface area (Å²) >= 11 is 0. The predicted molar refractivity (Wildman–Crippen MR) is 91.5 cm³/mol. The van der Waals surface area contributed by atoms with E-state index in [0.717, 1.165) is 0 Å². The lowest BCUT2D eigenvalue weighted by Gasteiger charge is -2.34. The zero-order chi connectivity index (χ0) is 18.0. The van der Waals surface area contributed by atoms with Crippen molar-refractivity contribution in [1.29, 1.82) is 0 Å². The summed E-state index contributed by atoms with van der Waals surface area (Å²) in [5.41, 5.74) is 1.53. The number of carbonyl (C=O) groups excluding carboxylic acids is 2. The van der Waals surface area contributed by atoms with Gasteiger partial charge >= 0.3 is 5.97 Å². The Kier molecular flexibility index (Phi) is 4.70. The topological polar surface area (TPSA) is 90.5 Å². The normalized spacial score (nSPS) is 20.3. The minimum Gasteiger partial charge on any atom is -0.481 e. The van der Waals surface area contributed by atoms with Crippen molar-refractivity contribution >= 4 is 17.7 Å². The number of aromatic amines is 1. The molecule has 1 amide bonds. The van der Waals surface area contributed by atoms with Crippen molar-refractivity contribution in [3.05, 3.63) is 59.4 Å². The van der Waals surface area contributed by atoms with E-state index in [0.29, 0.717) is 29.7 Å². The Labute approximate surface area is 145 Å². The maximum absolute atomic E-state index is 12.7. The van der Waals surface area contributed by atoms with E-state index in [1.807, 2.05) is 6.92 Å². The Hall–Kier alpha value is -2.89. The van der Waals surface area contributed by atoms with E-state index in [2.05, 4.69) is 4.98 Å². The van der Waals surface area contributed by atoms with Crippen LogP contribution in [0.15, 0.2) is 42.7 Å². The third-order valence-electron chi connectivity index (χ3n) is 4.55. The predicted octanol–water partition coefficient (Wildman–Crippen LogP) is 2.43. The molecule has 0 saturated carbocycles. The highest BCUT2D eigenvalue weighted by Gasteiger charge is 2.32. The number of aromatic nitrogens is 1. The van der Waals surface area contributed by atoms with Gasteiger partial charge in [-0.05, 0) is 30.5 Å². The molecule has 1 saturated heterocycles. The largest absolute Gasteiger partial charge is 0.481 e. The van der Waals surface area contributed by atoms with Gasteiger partial charge in [0, 0.05) is 42.2 Å². The van der Waals surface area contributed by atoms with E-state index in [1.165, 1.54) is 0 Å². The standard InChI is InChI=1S/C19H20N2O4/c1-12-8-16(19(24)25)11-21(10-12)18(23)14-4-2-13(3-5-14)17(22)15-6-7-20-9-15/h2-7,9,12,16,20H,8,10-11H2,1H3,(H,24,25). The fourth-order valence-corrected chi connectivity index (χ4v) is 3.27. The number of hydrogen-bond donors (Lipinski definition) is 2. The molecular formula is C19H20N2O4. The number of benzene rings is 1. The van der Waals surface area contributed by atoms with Crippen LogP contribution in [-0.4, -0.2) is 45.7 Å². The molecule has 2 aromatic rings. The number of H-pyrrole nitrogens is 1. The van der Waals surface area contributed by atoms with Gasteiger partial charge in [0.05, 0.1) is 5.92 Å². The number of nitrogens with one attached hydrogen (secondary N) is 1. The maximum atomic E-state index is 12.7. The highest BCUT2D eigenvalue weighted by atomic mass is 16.4. The number of amides is 1. The van der Waals surface area contributed by atoms with Gasteiger partial charge in [-0.2, -0.15) is 0 Å². The Balaban J connectivity index is 1.74. The highest BCUT2D eigenvalue weighted by Crippen LogP contribution is 2.23. The molecule has 1 aliphatic rings. The van der Waals surface area contributed by atoms with Crippen LogP contribution in [0.1, 0.15) is 39.6 Å². The summed E-state index contributed by atoms with van der Waals surface area (Å²) in [7, 11) is 0. The molecule has 0 spiro atoms. The molecule has 1 fully saturated rings. The average molecular weight is 340 g/mol. The van der Waals surface area contributed by atoms with Crippen molar-refractivity contribution in [3.63, 3.8) is 0 Å². The fraction of sp³-hybridized carbons (Fsp3) is 0.316. The number of carboxylic acids is 1. The minimum absolute atomic E-state index is 0.113. The number of ketones is 1. The van der Waals surface area contributed by atoms with Crippen LogP contribution in [0.2, 0.25) is 0 Å². The van der Waals surface area contributed by atoms with Gasteiger partial charge in [0.15, 0.2) is 5.78 Å². The van der Waals surface area contributed by atoms with Crippen molar-refractivity contribution in [2.75, 3.05) is 13.1 Å². The van der Waals surface area contributed by atoms with Gasteiger partial charge in [-0.25, -0.2) is 0 Å². The summed E-state index contributed by atoms with van der Waals surface area (Å²) in [4.78, 5) is 40.6. The van der Waals surface area contributed by atoms with Crippen LogP contribution in [0, 0.1) is 11.8 Å². The molecule has 2 atom stereocenters. The molecule has 3 rings (SSSR count). The first-order valence-corrected chi connectivity index (χ1v) is 8.25. The molecule has 6 heteroatoms. The number of piperidine rings is 1. The first-order valence-electron chi connectivity index (χ1n) is 8.25. The molecule has 1 aromatic heterocycles. The fourth-order valence-electron chi connectivity index (χ4n) is 3.27. The van der Waals surface area contributed by atoms with Crippen molar-refractivity contribution in [3.8, 4) is 0 Å². The summed E-state index contributed by atoms with van der Waals surface area (Å²) in [5, 5.41) is 9.24. The number of hydrogen-bond acceptors (Lipinski definition) is 3. The molecule has 0 radical (unpaired) electrons. The molecule has 2 heterocycles. The molecule has 6 nitrogen and oxygen atoms in total. The van der Waals surface area contributed by atoms with Gasteiger partial charge in [-0.1, -0.05) is 19.1 Å². The van der Waals surface area contributed by atoms with E-state index in [9.17, 15) is 19.5 Å². The quantitative estimate of drug-likeness (QED) is 0.837. The third kappa shape index (κ3) is 3.63. The number of carbonyl (C=O) groups is 3. The van der Waals surface area contributed by atoms with Crippen molar-refractivity contribution in [2.45, 2.75) is 13.3 Å². The van der Waals surface area contributed by atoms with E-state index in [4.69, 9.17) is 0 Å². The zero-order valence-corrected chi connectivity index (χ0v) is 13.9. The molecule has 130 valence electrons. The first kappa shape index (κ1) is 17.0. The number of aliphatic carboxylic acids is 1. The lowest BCUT2D eigenvalue weighted by Crippen LogP contribution is -2.45. The van der Waals surface area contributed by atoms with Crippen molar-refractivity contribution in [1.82, 2.24) is 9.88 Å². The van der Waals surface area contributed by atoms with Gasteiger partial charge < -0.3 is 15.0 Å². The molecule has 0 bridgehead atoms. The van der Waals surface area contributed by atoms with Crippen LogP contribution in [0.4, 0.5) is 0 Å². The van der Waals surface area contributed by atoms with Crippen LogP contribution in [0.25, 0.3) is 0 Å². The van der Waals surface area contributed by atoms with Gasteiger partial charge in [0.25, 0.3) is 5.91 Å². The second kappa shape index (κ2) is 6.93. The number of carboxylic acid groups (broad SMARTS) is 1. The maximum Gasteiger partial charge on any atom is 0.308 e. The smallest absolute Gasteiger partial charge is 0.308 e. The Morgan fingerprint density at radius 2 is 1.72 bits per heavy atom. The van der Waals surface area contributed by atoms with Gasteiger partial charge in [-0.15, -0.1) is 0 Å². The van der Waals surface area contributed by atoms with E-state index in [-0.39, 0.29) is 24.2 Å². The molecule has 2 N–H and O–H groups in total. The molecule has 0 aliphatic carbocycles. The lowest BCUT2D eigenvalue weighted by atomic mass is 9.90. The Bertz CT molecular complexity index is 780. The first-order chi connectivity index (χ1) is 12.0. The zero-order valence-electron chi connectivity index (χ0n) is 13.9. The third-order valence-corrected chi connectivity index (χ3v) is 4.55. The van der Waals surface area contributed by atoms with Crippen LogP contribution in [0.3, 0.4) is 0 Å². The lowest BCUT2D eigenvalue weighted by molar-refractivity contribution is -0.143. The summed E-state index contributed by atoms with van der Waals surface area (Å²) in [6.07, 6.45) is 3.90. The van der Waals surface area contributed by atoms with Crippen molar-refractivity contribution < 1.29 is 19.5 Å². The highest BCUT2D eigenvalue weighted by molar-refractivity contribution is 6.09. The van der Waals surface area contributed by atoms with Gasteiger partial charge in [0.1, 0.15) is 0 Å².